The van der Waals surface area contributed by atoms with Gasteiger partial charge >= 0.3 is 12.0 Å². The lowest BCUT2D eigenvalue weighted by atomic mass is 10.1. The maximum absolute atomic E-state index is 12.2. The summed E-state index contributed by atoms with van der Waals surface area (Å²) in [6, 6.07) is -1.48. The van der Waals surface area contributed by atoms with E-state index in [4.69, 9.17) is 5.11 Å². The second kappa shape index (κ2) is 7.33. The Morgan fingerprint density at radius 3 is 2.58 bits per heavy atom. The fourth-order valence-corrected chi connectivity index (χ4v) is 2.47. The van der Waals surface area contributed by atoms with E-state index in [1.807, 2.05) is 6.92 Å². The topological polar surface area (TPSA) is 89.9 Å². The first kappa shape index (κ1) is 15.8. The molecule has 0 radical (unpaired) electrons. The SMILES string of the molecule is CCC1CCCCCN1C(=O)NC(C(=O)O)C(C)O. The maximum Gasteiger partial charge on any atom is 0.328 e. The number of likely N-dealkylation sites (tertiary alicyclic amines) is 1. The van der Waals surface area contributed by atoms with Crippen LogP contribution in [-0.2, 0) is 4.79 Å². The average molecular weight is 272 g/mol. The number of aliphatic carboxylic acids is 1. The summed E-state index contributed by atoms with van der Waals surface area (Å²) >= 11 is 0. The molecule has 0 saturated carbocycles. The van der Waals surface area contributed by atoms with Crippen molar-refractivity contribution >= 4 is 12.0 Å². The third kappa shape index (κ3) is 4.38. The number of carboxylic acids is 1. The van der Waals surface area contributed by atoms with Crippen molar-refractivity contribution < 1.29 is 19.8 Å². The summed E-state index contributed by atoms with van der Waals surface area (Å²) in [4.78, 5) is 24.9. The monoisotopic (exact) mass is 272 g/mol. The molecule has 1 rings (SSSR count). The predicted octanol–water partition coefficient (Wildman–Crippen LogP) is 1.18. The second-order valence-corrected chi connectivity index (χ2v) is 5.11. The summed E-state index contributed by atoms with van der Waals surface area (Å²) in [7, 11) is 0. The number of carbonyl (C=O) groups excluding carboxylic acids is 1. The molecule has 3 N–H and O–H groups in total. The van der Waals surface area contributed by atoms with Crippen LogP contribution in [0.1, 0.15) is 46.0 Å². The molecule has 0 aromatic carbocycles. The smallest absolute Gasteiger partial charge is 0.328 e. The zero-order valence-corrected chi connectivity index (χ0v) is 11.6. The van der Waals surface area contributed by atoms with E-state index in [1.54, 1.807) is 4.90 Å². The van der Waals surface area contributed by atoms with Crippen LogP contribution in [0.4, 0.5) is 4.79 Å². The third-order valence-corrected chi connectivity index (χ3v) is 3.64. The fourth-order valence-electron chi connectivity index (χ4n) is 2.47. The number of hydrogen-bond donors (Lipinski definition) is 3. The molecule has 1 fully saturated rings. The Labute approximate surface area is 113 Å². The van der Waals surface area contributed by atoms with Crippen molar-refractivity contribution in [2.24, 2.45) is 0 Å². The summed E-state index contributed by atoms with van der Waals surface area (Å²) in [6.07, 6.45) is 3.83. The molecule has 1 saturated heterocycles. The zero-order chi connectivity index (χ0) is 14.4. The standard InChI is InChI=1S/C13H24N2O4/c1-3-10-7-5-4-6-8-15(10)13(19)14-11(9(2)16)12(17)18/h9-11,16H,3-8H2,1-2H3,(H,14,19)(H,17,18). The molecular weight excluding hydrogens is 248 g/mol. The summed E-state index contributed by atoms with van der Waals surface area (Å²) in [6.45, 7) is 4.04. The van der Waals surface area contributed by atoms with Crippen LogP contribution in [0.3, 0.4) is 0 Å². The molecule has 2 amide bonds. The zero-order valence-electron chi connectivity index (χ0n) is 11.6. The molecule has 6 heteroatoms. The summed E-state index contributed by atoms with van der Waals surface area (Å²) in [5.74, 6) is -1.22. The normalized spacial score (nSPS) is 23.3. The van der Waals surface area contributed by atoms with Crippen molar-refractivity contribution in [2.45, 2.75) is 64.1 Å². The molecular formula is C13H24N2O4. The van der Waals surface area contributed by atoms with Gasteiger partial charge in [0.15, 0.2) is 6.04 Å². The minimum absolute atomic E-state index is 0.158. The van der Waals surface area contributed by atoms with Gasteiger partial charge in [-0.2, -0.15) is 0 Å². The van der Waals surface area contributed by atoms with Gasteiger partial charge in [-0.25, -0.2) is 9.59 Å². The van der Waals surface area contributed by atoms with Gasteiger partial charge in [-0.15, -0.1) is 0 Å². The lowest BCUT2D eigenvalue weighted by Crippen LogP contribution is -2.54. The van der Waals surface area contributed by atoms with Crippen LogP contribution in [0.2, 0.25) is 0 Å². The van der Waals surface area contributed by atoms with E-state index in [1.165, 1.54) is 6.92 Å². The predicted molar refractivity (Wildman–Crippen MR) is 70.9 cm³/mol. The highest BCUT2D eigenvalue weighted by molar-refractivity contribution is 5.83. The molecule has 0 aliphatic carbocycles. The molecule has 6 nitrogen and oxygen atoms in total. The Morgan fingerprint density at radius 1 is 1.37 bits per heavy atom. The first-order chi connectivity index (χ1) is 8.97. The van der Waals surface area contributed by atoms with Crippen LogP contribution in [-0.4, -0.2) is 51.8 Å². The molecule has 1 aliphatic rings. The quantitative estimate of drug-likeness (QED) is 0.717. The Morgan fingerprint density at radius 2 is 2.05 bits per heavy atom. The second-order valence-electron chi connectivity index (χ2n) is 5.11. The van der Waals surface area contributed by atoms with Gasteiger partial charge in [-0.1, -0.05) is 19.8 Å². The van der Waals surface area contributed by atoms with Gasteiger partial charge in [0.05, 0.1) is 6.10 Å². The number of aliphatic hydroxyl groups is 1. The minimum atomic E-state index is -1.26. The van der Waals surface area contributed by atoms with Gasteiger partial charge in [0.1, 0.15) is 0 Å². The first-order valence-corrected chi connectivity index (χ1v) is 6.95. The van der Waals surface area contributed by atoms with E-state index < -0.39 is 18.1 Å². The van der Waals surface area contributed by atoms with Gasteiger partial charge in [0.25, 0.3) is 0 Å². The number of carboxylic acid groups (broad SMARTS) is 1. The van der Waals surface area contributed by atoms with Crippen molar-refractivity contribution in [1.29, 1.82) is 0 Å². The third-order valence-electron chi connectivity index (χ3n) is 3.64. The van der Waals surface area contributed by atoms with Crippen molar-refractivity contribution in [3.8, 4) is 0 Å². The molecule has 110 valence electrons. The van der Waals surface area contributed by atoms with E-state index >= 15 is 0 Å². The fraction of sp³-hybridized carbons (Fsp3) is 0.846. The molecule has 1 heterocycles. The highest BCUT2D eigenvalue weighted by Crippen LogP contribution is 2.19. The number of urea groups is 1. The average Bonchev–Trinajstić information content (AvgIpc) is 2.59. The van der Waals surface area contributed by atoms with Crippen molar-refractivity contribution in [3.63, 3.8) is 0 Å². The highest BCUT2D eigenvalue weighted by Gasteiger charge is 2.30. The molecule has 3 unspecified atom stereocenters. The number of amides is 2. The van der Waals surface area contributed by atoms with Gasteiger partial charge < -0.3 is 20.4 Å². The van der Waals surface area contributed by atoms with Gasteiger partial charge in [0, 0.05) is 12.6 Å². The highest BCUT2D eigenvalue weighted by atomic mass is 16.4. The summed E-state index contributed by atoms with van der Waals surface area (Å²) < 4.78 is 0. The number of hydrogen-bond acceptors (Lipinski definition) is 3. The number of nitrogens with zero attached hydrogens (tertiary/aromatic N) is 1. The first-order valence-electron chi connectivity index (χ1n) is 6.95. The number of rotatable bonds is 4. The Bertz CT molecular complexity index is 320. The van der Waals surface area contributed by atoms with Crippen molar-refractivity contribution in [3.05, 3.63) is 0 Å². The van der Waals surface area contributed by atoms with E-state index in [0.717, 1.165) is 32.1 Å². The molecule has 19 heavy (non-hydrogen) atoms. The molecule has 0 bridgehead atoms. The van der Waals surface area contributed by atoms with Gasteiger partial charge in [-0.05, 0) is 26.2 Å². The lowest BCUT2D eigenvalue weighted by molar-refractivity contribution is -0.141. The summed E-state index contributed by atoms with van der Waals surface area (Å²) in [5.41, 5.74) is 0. The Balaban J connectivity index is 2.70. The van der Waals surface area contributed by atoms with Crippen LogP contribution in [0.5, 0.6) is 0 Å². The number of carbonyl (C=O) groups is 2. The van der Waals surface area contributed by atoms with Crippen LogP contribution in [0.15, 0.2) is 0 Å². The van der Waals surface area contributed by atoms with Gasteiger partial charge in [0.2, 0.25) is 0 Å². The van der Waals surface area contributed by atoms with Gasteiger partial charge in [-0.3, -0.25) is 0 Å². The molecule has 3 atom stereocenters. The van der Waals surface area contributed by atoms with E-state index in [-0.39, 0.29) is 12.1 Å². The molecule has 0 aromatic heterocycles. The number of nitrogens with one attached hydrogen (secondary N) is 1. The van der Waals surface area contributed by atoms with E-state index in [9.17, 15) is 14.7 Å². The van der Waals surface area contributed by atoms with Crippen LogP contribution in [0.25, 0.3) is 0 Å². The lowest BCUT2D eigenvalue weighted by Gasteiger charge is -2.31. The van der Waals surface area contributed by atoms with Crippen LogP contribution < -0.4 is 5.32 Å². The molecule has 1 aliphatic heterocycles. The Kier molecular flexibility index (Phi) is 6.08. The van der Waals surface area contributed by atoms with Crippen LogP contribution >= 0.6 is 0 Å². The van der Waals surface area contributed by atoms with Crippen molar-refractivity contribution in [1.82, 2.24) is 10.2 Å². The molecule has 0 spiro atoms. The van der Waals surface area contributed by atoms with E-state index in [0.29, 0.717) is 6.54 Å². The number of aliphatic hydroxyl groups excluding tert-OH is 1. The largest absolute Gasteiger partial charge is 0.480 e. The van der Waals surface area contributed by atoms with Crippen molar-refractivity contribution in [2.75, 3.05) is 6.54 Å². The summed E-state index contributed by atoms with van der Waals surface area (Å²) in [5, 5.41) is 20.8. The van der Waals surface area contributed by atoms with Crippen LogP contribution in [0, 0.1) is 0 Å². The minimum Gasteiger partial charge on any atom is -0.480 e. The molecule has 0 aromatic rings. The Hall–Kier alpha value is -1.30. The maximum atomic E-state index is 12.2. The van der Waals surface area contributed by atoms with E-state index in [2.05, 4.69) is 5.32 Å².